The van der Waals surface area contributed by atoms with Gasteiger partial charge in [-0.1, -0.05) is 23.4 Å². The number of halogens is 2. The van der Waals surface area contributed by atoms with Crippen molar-refractivity contribution in [2.75, 3.05) is 16.8 Å². The van der Waals surface area contributed by atoms with Gasteiger partial charge in [0.15, 0.2) is 23.7 Å². The van der Waals surface area contributed by atoms with Gasteiger partial charge in [0.05, 0.1) is 5.69 Å². The zero-order chi connectivity index (χ0) is 24.5. The molecule has 3 amide bonds. The van der Waals surface area contributed by atoms with E-state index in [2.05, 4.69) is 15.7 Å². The second-order valence-electron chi connectivity index (χ2n) is 7.79. The van der Waals surface area contributed by atoms with E-state index in [0.29, 0.717) is 17.2 Å². The molecule has 1 saturated heterocycles. The van der Waals surface area contributed by atoms with Gasteiger partial charge >= 0.3 is 0 Å². The van der Waals surface area contributed by atoms with E-state index in [1.165, 1.54) is 0 Å². The topological polar surface area (TPSA) is 104 Å². The van der Waals surface area contributed by atoms with Crippen molar-refractivity contribution >= 4 is 29.1 Å². The smallest absolute Gasteiger partial charge is 0.263 e. The summed E-state index contributed by atoms with van der Waals surface area (Å²) in [7, 11) is 0. The number of nitrogens with one attached hydrogen (secondary N) is 1. The maximum absolute atomic E-state index is 13.6. The first-order valence-electron chi connectivity index (χ1n) is 10.5. The molecule has 0 radical (unpaired) electrons. The molecule has 2 heterocycles. The van der Waals surface area contributed by atoms with Crippen LogP contribution >= 0.6 is 0 Å². The van der Waals surface area contributed by atoms with E-state index in [0.717, 1.165) is 28.1 Å². The molecule has 0 unspecified atom stereocenters. The molecular formula is C24H17F2N5O4. The summed E-state index contributed by atoms with van der Waals surface area (Å²) in [5.41, 5.74) is 0.367. The Labute approximate surface area is 197 Å². The second kappa shape index (κ2) is 8.93. The van der Waals surface area contributed by atoms with Crippen LogP contribution in [0.25, 0.3) is 0 Å². The first-order valence-corrected chi connectivity index (χ1v) is 10.5. The van der Waals surface area contributed by atoms with Crippen LogP contribution in [-0.2, 0) is 14.4 Å². The molecule has 0 saturated carbocycles. The standard InChI is InChI=1S/C24H17F2N5O4/c25-18-11-8-15(12-19(18)26)31-23(33)21-22(24(31)34)30(29-28-21)13-20(32)27-14-6-9-17(10-7-14)35-16-4-2-1-3-5-16/h1-12,21-22H,13H2,(H,27,32)/t21-,22+/m1/s1. The van der Waals surface area contributed by atoms with Crippen LogP contribution in [-0.4, -0.2) is 41.4 Å². The summed E-state index contributed by atoms with van der Waals surface area (Å²) in [5.74, 6) is -3.00. The number of benzene rings is 3. The molecule has 0 aliphatic carbocycles. The minimum absolute atomic E-state index is 0.120. The van der Waals surface area contributed by atoms with Crippen molar-refractivity contribution in [1.29, 1.82) is 0 Å². The third kappa shape index (κ3) is 4.31. The molecule has 2 aliphatic rings. The van der Waals surface area contributed by atoms with E-state index in [-0.39, 0.29) is 12.2 Å². The highest BCUT2D eigenvalue weighted by atomic mass is 19.2. The van der Waals surface area contributed by atoms with Gasteiger partial charge < -0.3 is 10.1 Å². The van der Waals surface area contributed by atoms with Gasteiger partial charge in [-0.05, 0) is 48.5 Å². The molecule has 176 valence electrons. The average Bonchev–Trinajstić information content (AvgIpc) is 3.37. The number of nitrogens with zero attached hydrogens (tertiary/aromatic N) is 4. The molecule has 3 aromatic rings. The van der Waals surface area contributed by atoms with Crippen molar-refractivity contribution in [1.82, 2.24) is 5.01 Å². The third-order valence-corrected chi connectivity index (χ3v) is 5.44. The van der Waals surface area contributed by atoms with Crippen LogP contribution < -0.4 is 15.0 Å². The molecule has 0 spiro atoms. The maximum atomic E-state index is 13.6. The van der Waals surface area contributed by atoms with Gasteiger partial charge in [0.25, 0.3) is 11.8 Å². The van der Waals surface area contributed by atoms with E-state index < -0.39 is 41.4 Å². The number of amides is 3. The number of carbonyl (C=O) groups is 3. The van der Waals surface area contributed by atoms with Crippen LogP contribution in [0.4, 0.5) is 20.2 Å². The highest BCUT2D eigenvalue weighted by molar-refractivity contribution is 6.25. The summed E-state index contributed by atoms with van der Waals surface area (Å²) in [6, 6.07) is 16.3. The molecule has 1 N–H and O–H groups in total. The van der Waals surface area contributed by atoms with Gasteiger partial charge in [-0.15, -0.1) is 0 Å². The van der Waals surface area contributed by atoms with Crippen LogP contribution in [0, 0.1) is 11.6 Å². The SMILES string of the molecule is O=C(CN1N=N[C@H]2C(=O)N(c3ccc(F)c(F)c3)C(=O)[C@H]21)Nc1ccc(Oc2ccccc2)cc1. The maximum Gasteiger partial charge on any atom is 0.263 e. The number of hydrogen-bond acceptors (Lipinski definition) is 7. The first-order chi connectivity index (χ1) is 16.9. The van der Waals surface area contributed by atoms with Crippen LogP contribution in [0.15, 0.2) is 83.1 Å². The predicted octanol–water partition coefficient (Wildman–Crippen LogP) is 3.69. The van der Waals surface area contributed by atoms with E-state index >= 15 is 0 Å². The lowest BCUT2D eigenvalue weighted by Crippen LogP contribution is -2.43. The Bertz CT molecular complexity index is 1330. The minimum atomic E-state index is -1.20. The number of fused-ring (bicyclic) bond motifs is 1. The summed E-state index contributed by atoms with van der Waals surface area (Å²) < 4.78 is 32.6. The fraction of sp³-hybridized carbons (Fsp3) is 0.125. The van der Waals surface area contributed by atoms with Crippen LogP contribution in [0.5, 0.6) is 11.5 Å². The number of carbonyl (C=O) groups excluding carboxylic acids is 3. The molecule has 2 aliphatic heterocycles. The largest absolute Gasteiger partial charge is 0.457 e. The van der Waals surface area contributed by atoms with Crippen LogP contribution in [0.3, 0.4) is 0 Å². The van der Waals surface area contributed by atoms with Crippen molar-refractivity contribution in [3.05, 3.63) is 84.4 Å². The molecule has 11 heteroatoms. The normalized spacial score (nSPS) is 18.7. The van der Waals surface area contributed by atoms with Gasteiger partial charge in [0.2, 0.25) is 5.91 Å². The Balaban J connectivity index is 1.23. The Morgan fingerprint density at radius 1 is 0.914 bits per heavy atom. The summed E-state index contributed by atoms with van der Waals surface area (Å²) in [6.45, 7) is -0.350. The Morgan fingerprint density at radius 3 is 2.34 bits per heavy atom. The second-order valence-corrected chi connectivity index (χ2v) is 7.79. The Kier molecular flexibility index (Phi) is 5.65. The van der Waals surface area contributed by atoms with Gasteiger partial charge in [-0.25, -0.2) is 13.7 Å². The van der Waals surface area contributed by atoms with Gasteiger partial charge in [0.1, 0.15) is 18.0 Å². The minimum Gasteiger partial charge on any atom is -0.457 e. The Hall–Kier alpha value is -4.67. The quantitative estimate of drug-likeness (QED) is 0.546. The van der Waals surface area contributed by atoms with Gasteiger partial charge in [-0.3, -0.25) is 19.4 Å². The summed E-state index contributed by atoms with van der Waals surface area (Å²) in [4.78, 5) is 38.9. The Morgan fingerprint density at radius 2 is 1.63 bits per heavy atom. The van der Waals surface area contributed by atoms with Gasteiger partial charge in [-0.2, -0.15) is 5.11 Å². The lowest BCUT2D eigenvalue weighted by atomic mass is 10.1. The monoisotopic (exact) mass is 477 g/mol. The van der Waals surface area contributed by atoms with Crippen molar-refractivity contribution in [2.45, 2.75) is 12.1 Å². The molecule has 35 heavy (non-hydrogen) atoms. The zero-order valence-electron chi connectivity index (χ0n) is 18.0. The van der Waals surface area contributed by atoms with E-state index in [1.54, 1.807) is 24.3 Å². The molecule has 0 aromatic heterocycles. The summed E-state index contributed by atoms with van der Waals surface area (Å²) in [6.07, 6.45) is 0. The number of imide groups is 1. The number of anilines is 2. The number of rotatable bonds is 6. The van der Waals surface area contributed by atoms with E-state index in [4.69, 9.17) is 4.74 Å². The fourth-order valence-electron chi connectivity index (χ4n) is 3.81. The third-order valence-electron chi connectivity index (χ3n) is 5.44. The molecule has 0 bridgehead atoms. The zero-order valence-corrected chi connectivity index (χ0v) is 18.0. The summed E-state index contributed by atoms with van der Waals surface area (Å²) in [5, 5.41) is 11.4. The molecular weight excluding hydrogens is 460 g/mol. The van der Waals surface area contributed by atoms with E-state index in [1.807, 2.05) is 30.3 Å². The molecule has 2 atom stereocenters. The van der Waals surface area contributed by atoms with Crippen LogP contribution in [0.2, 0.25) is 0 Å². The molecule has 3 aromatic carbocycles. The number of hydrogen-bond donors (Lipinski definition) is 1. The van der Waals surface area contributed by atoms with E-state index in [9.17, 15) is 23.2 Å². The molecule has 5 rings (SSSR count). The average molecular weight is 477 g/mol. The van der Waals surface area contributed by atoms with Crippen molar-refractivity contribution in [3.63, 3.8) is 0 Å². The summed E-state index contributed by atoms with van der Waals surface area (Å²) >= 11 is 0. The van der Waals surface area contributed by atoms with Crippen molar-refractivity contribution in [3.8, 4) is 11.5 Å². The van der Waals surface area contributed by atoms with Crippen LogP contribution in [0.1, 0.15) is 0 Å². The van der Waals surface area contributed by atoms with Crippen molar-refractivity contribution in [2.24, 2.45) is 10.3 Å². The molecule has 1 fully saturated rings. The lowest BCUT2D eigenvalue weighted by molar-refractivity contribution is -0.123. The number of ether oxygens (including phenoxy) is 1. The first kappa shape index (κ1) is 22.1. The fourth-order valence-corrected chi connectivity index (χ4v) is 3.81. The molecule has 9 nitrogen and oxygen atoms in total. The van der Waals surface area contributed by atoms with Gasteiger partial charge in [0, 0.05) is 11.8 Å². The number of para-hydroxylation sites is 1. The lowest BCUT2D eigenvalue weighted by Gasteiger charge is -2.20. The van der Waals surface area contributed by atoms with Crippen molar-refractivity contribution < 1.29 is 27.9 Å². The predicted molar refractivity (Wildman–Crippen MR) is 120 cm³/mol. The highest BCUT2D eigenvalue weighted by Gasteiger charge is 2.55. The highest BCUT2D eigenvalue weighted by Crippen LogP contribution is 2.32.